The molecule has 172 valence electrons. The number of pyridine rings is 1. The molecule has 2 aliphatic heterocycles. The summed E-state index contributed by atoms with van der Waals surface area (Å²) in [5, 5.41) is 3.15. The van der Waals surface area contributed by atoms with Gasteiger partial charge in [0.05, 0.1) is 11.5 Å². The quantitative estimate of drug-likeness (QED) is 0.752. The van der Waals surface area contributed by atoms with Crippen molar-refractivity contribution in [3.05, 3.63) is 59.8 Å². The van der Waals surface area contributed by atoms with Crippen LogP contribution in [-0.4, -0.2) is 48.0 Å². The monoisotopic (exact) mass is 446 g/mol. The number of alkyl halides is 3. The fourth-order valence-corrected chi connectivity index (χ4v) is 4.65. The van der Waals surface area contributed by atoms with Crippen molar-refractivity contribution in [2.45, 2.75) is 44.4 Å². The van der Waals surface area contributed by atoms with Gasteiger partial charge in [0.25, 0.3) is 0 Å². The molecule has 2 aliphatic rings. The van der Waals surface area contributed by atoms with Crippen LogP contribution in [0.1, 0.15) is 36.8 Å². The number of carbonyl (C=O) groups excluding carboxylic acids is 1. The predicted molar refractivity (Wildman–Crippen MR) is 117 cm³/mol. The van der Waals surface area contributed by atoms with Crippen molar-refractivity contribution in [2.75, 3.05) is 31.1 Å². The van der Waals surface area contributed by atoms with Crippen molar-refractivity contribution >= 4 is 11.7 Å². The molecule has 1 aromatic carbocycles. The summed E-state index contributed by atoms with van der Waals surface area (Å²) in [4.78, 5) is 20.9. The third-order valence-corrected chi connectivity index (χ3v) is 6.37. The van der Waals surface area contributed by atoms with Crippen molar-refractivity contribution in [3.8, 4) is 0 Å². The van der Waals surface area contributed by atoms with Gasteiger partial charge >= 0.3 is 6.18 Å². The molecule has 2 fully saturated rings. The van der Waals surface area contributed by atoms with Gasteiger partial charge in [-0.25, -0.2) is 4.98 Å². The van der Waals surface area contributed by atoms with Gasteiger partial charge in [-0.3, -0.25) is 9.69 Å². The molecule has 1 N–H and O–H groups in total. The standard InChI is InChI=1S/C24H29F3N4O/c25-24(26,27)21-9-4-12-28-22(21)31-13-5-8-19(17-31)23(32)29-20-10-14-30(15-11-20)16-18-6-2-1-3-7-18/h1-4,6-7,9,12,19-20H,5,8,10-11,13-17H2,(H,29,32). The van der Waals surface area contributed by atoms with E-state index in [1.165, 1.54) is 17.8 Å². The van der Waals surface area contributed by atoms with Crippen LogP contribution in [0.15, 0.2) is 48.7 Å². The predicted octanol–water partition coefficient (Wildman–Crippen LogP) is 4.10. The molecule has 1 unspecified atom stereocenters. The second-order valence-electron chi connectivity index (χ2n) is 8.70. The minimum Gasteiger partial charge on any atom is -0.355 e. The first kappa shape index (κ1) is 22.6. The molecule has 3 heterocycles. The number of amides is 1. The molecule has 0 aliphatic carbocycles. The fraction of sp³-hybridized carbons (Fsp3) is 0.500. The average molecular weight is 447 g/mol. The molecule has 0 saturated carbocycles. The van der Waals surface area contributed by atoms with Gasteiger partial charge in [0.15, 0.2) is 0 Å². The highest BCUT2D eigenvalue weighted by atomic mass is 19.4. The molecule has 1 amide bonds. The zero-order valence-electron chi connectivity index (χ0n) is 18.0. The summed E-state index contributed by atoms with van der Waals surface area (Å²) in [5.41, 5.74) is 0.539. The molecule has 2 saturated heterocycles. The molecular weight excluding hydrogens is 417 g/mol. The van der Waals surface area contributed by atoms with E-state index >= 15 is 0 Å². The van der Waals surface area contributed by atoms with Gasteiger partial charge in [-0.15, -0.1) is 0 Å². The van der Waals surface area contributed by atoms with Crippen molar-refractivity contribution in [1.29, 1.82) is 0 Å². The first-order chi connectivity index (χ1) is 15.4. The van der Waals surface area contributed by atoms with Gasteiger partial charge in [-0.2, -0.15) is 13.2 Å². The normalized spacial score (nSPS) is 20.8. The molecule has 8 heteroatoms. The van der Waals surface area contributed by atoms with E-state index < -0.39 is 11.7 Å². The Balaban J connectivity index is 1.30. The minimum absolute atomic E-state index is 0.0549. The molecule has 4 rings (SSSR count). The molecule has 0 bridgehead atoms. The number of hydrogen-bond donors (Lipinski definition) is 1. The van der Waals surface area contributed by atoms with Crippen molar-refractivity contribution in [2.24, 2.45) is 5.92 Å². The van der Waals surface area contributed by atoms with Crippen LogP contribution in [0.3, 0.4) is 0 Å². The lowest BCUT2D eigenvalue weighted by Gasteiger charge is -2.36. The third kappa shape index (κ3) is 5.59. The number of hydrogen-bond acceptors (Lipinski definition) is 4. The summed E-state index contributed by atoms with van der Waals surface area (Å²) in [5.74, 6) is -0.457. The van der Waals surface area contributed by atoms with E-state index in [0.717, 1.165) is 38.5 Å². The second kappa shape index (κ2) is 9.90. The Morgan fingerprint density at radius 3 is 2.50 bits per heavy atom. The number of anilines is 1. The van der Waals surface area contributed by atoms with E-state index in [2.05, 4.69) is 27.3 Å². The Morgan fingerprint density at radius 1 is 1.03 bits per heavy atom. The lowest BCUT2D eigenvalue weighted by atomic mass is 9.95. The molecular formula is C24H29F3N4O. The minimum atomic E-state index is -4.47. The second-order valence-corrected chi connectivity index (χ2v) is 8.70. The van der Waals surface area contributed by atoms with Gasteiger partial charge in [-0.05, 0) is 43.4 Å². The largest absolute Gasteiger partial charge is 0.419 e. The van der Waals surface area contributed by atoms with Crippen LogP contribution in [0.25, 0.3) is 0 Å². The van der Waals surface area contributed by atoms with Crippen molar-refractivity contribution < 1.29 is 18.0 Å². The topological polar surface area (TPSA) is 48.5 Å². The highest BCUT2D eigenvalue weighted by Crippen LogP contribution is 2.36. The Hall–Kier alpha value is -2.61. The van der Waals surface area contributed by atoms with Gasteiger partial charge in [0, 0.05) is 45.0 Å². The van der Waals surface area contributed by atoms with Gasteiger partial charge < -0.3 is 10.2 Å². The summed E-state index contributed by atoms with van der Waals surface area (Å²) in [6.45, 7) is 3.48. The molecule has 0 spiro atoms. The summed E-state index contributed by atoms with van der Waals surface area (Å²) in [7, 11) is 0. The number of benzene rings is 1. The Bertz CT molecular complexity index is 898. The van der Waals surface area contributed by atoms with Crippen LogP contribution in [-0.2, 0) is 17.5 Å². The maximum Gasteiger partial charge on any atom is 0.419 e. The lowest BCUT2D eigenvalue weighted by molar-refractivity contribution is -0.137. The fourth-order valence-electron chi connectivity index (χ4n) is 4.65. The van der Waals surface area contributed by atoms with Crippen molar-refractivity contribution in [3.63, 3.8) is 0 Å². The van der Waals surface area contributed by atoms with Crippen LogP contribution in [0.5, 0.6) is 0 Å². The number of likely N-dealkylation sites (tertiary alicyclic amines) is 1. The number of nitrogens with zero attached hydrogens (tertiary/aromatic N) is 3. The van der Waals surface area contributed by atoms with Gasteiger partial charge in [-0.1, -0.05) is 30.3 Å². The first-order valence-electron chi connectivity index (χ1n) is 11.2. The van der Waals surface area contributed by atoms with Crippen LogP contribution >= 0.6 is 0 Å². The Labute approximate surface area is 186 Å². The highest BCUT2D eigenvalue weighted by Gasteiger charge is 2.37. The number of piperidine rings is 2. The number of aromatic nitrogens is 1. The van der Waals surface area contributed by atoms with Gasteiger partial charge in [0.1, 0.15) is 5.82 Å². The van der Waals surface area contributed by atoms with Crippen LogP contribution in [0, 0.1) is 5.92 Å². The highest BCUT2D eigenvalue weighted by molar-refractivity contribution is 5.80. The summed E-state index contributed by atoms with van der Waals surface area (Å²) in [6, 6.07) is 12.8. The van der Waals surface area contributed by atoms with Gasteiger partial charge in [0.2, 0.25) is 5.91 Å². The molecule has 1 aromatic heterocycles. The molecule has 0 radical (unpaired) electrons. The summed E-state index contributed by atoms with van der Waals surface area (Å²) < 4.78 is 40.2. The summed E-state index contributed by atoms with van der Waals surface area (Å²) in [6.07, 6.45) is 0.0236. The number of rotatable bonds is 5. The molecule has 5 nitrogen and oxygen atoms in total. The maximum absolute atomic E-state index is 13.4. The summed E-state index contributed by atoms with van der Waals surface area (Å²) >= 11 is 0. The number of carbonyl (C=O) groups is 1. The first-order valence-corrected chi connectivity index (χ1v) is 11.2. The van der Waals surface area contributed by atoms with E-state index in [4.69, 9.17) is 0 Å². The third-order valence-electron chi connectivity index (χ3n) is 6.37. The van der Waals surface area contributed by atoms with Crippen LogP contribution in [0.4, 0.5) is 19.0 Å². The average Bonchev–Trinajstić information content (AvgIpc) is 2.80. The van der Waals surface area contributed by atoms with Crippen LogP contribution < -0.4 is 10.2 Å². The van der Waals surface area contributed by atoms with E-state index in [1.807, 2.05) is 18.2 Å². The Kier molecular flexibility index (Phi) is 6.98. The Morgan fingerprint density at radius 2 is 1.78 bits per heavy atom. The number of nitrogens with one attached hydrogen (secondary N) is 1. The maximum atomic E-state index is 13.4. The van der Waals surface area contributed by atoms with E-state index in [-0.39, 0.29) is 30.2 Å². The van der Waals surface area contributed by atoms with Crippen molar-refractivity contribution in [1.82, 2.24) is 15.2 Å². The smallest absolute Gasteiger partial charge is 0.355 e. The van der Waals surface area contributed by atoms with Crippen LogP contribution in [0.2, 0.25) is 0 Å². The molecule has 2 aromatic rings. The van der Waals surface area contributed by atoms with E-state index in [9.17, 15) is 18.0 Å². The van der Waals surface area contributed by atoms with E-state index in [1.54, 1.807) is 4.90 Å². The molecule has 32 heavy (non-hydrogen) atoms. The lowest BCUT2D eigenvalue weighted by Crippen LogP contribution is -2.49. The SMILES string of the molecule is O=C(NC1CCN(Cc2ccccc2)CC1)C1CCCN(c2ncccc2C(F)(F)F)C1. The van der Waals surface area contributed by atoms with E-state index in [0.29, 0.717) is 19.4 Å². The molecule has 1 atom stereocenters. The zero-order chi connectivity index (χ0) is 22.6. The number of halogens is 3. The zero-order valence-corrected chi connectivity index (χ0v) is 18.0.